The molecule has 1 aromatic rings. The second-order valence-electron chi connectivity index (χ2n) is 4.60. The number of ether oxygens (including phenoxy) is 2. The van der Waals surface area contributed by atoms with E-state index in [1.54, 1.807) is 7.11 Å². The highest BCUT2D eigenvalue weighted by atomic mass is 16.5. The molecule has 0 unspecified atom stereocenters. The Morgan fingerprint density at radius 2 is 1.89 bits per heavy atom. The molecule has 1 rings (SSSR count). The standard InChI is InChI=1S/C15H23NO3/c1-5-11-15(3,19-6-2)14(17)16-12-7-9-13(18-4)10-8-12/h7-10H,5-6,11H2,1-4H3,(H,16,17)/t15-/m0/s1. The van der Waals surface area contributed by atoms with Crippen molar-refractivity contribution >= 4 is 11.6 Å². The second kappa shape index (κ2) is 7.14. The zero-order valence-electron chi connectivity index (χ0n) is 12.2. The summed E-state index contributed by atoms with van der Waals surface area (Å²) in [5.41, 5.74) is -0.0310. The van der Waals surface area contributed by atoms with E-state index in [-0.39, 0.29) is 5.91 Å². The van der Waals surface area contributed by atoms with Gasteiger partial charge in [-0.1, -0.05) is 13.3 Å². The average molecular weight is 265 g/mol. The number of hydrogen-bond acceptors (Lipinski definition) is 3. The largest absolute Gasteiger partial charge is 0.497 e. The van der Waals surface area contributed by atoms with Crippen molar-refractivity contribution in [2.75, 3.05) is 19.0 Å². The van der Waals surface area contributed by atoms with Gasteiger partial charge in [0.1, 0.15) is 11.4 Å². The summed E-state index contributed by atoms with van der Waals surface area (Å²) in [5.74, 6) is 0.653. The first-order valence-electron chi connectivity index (χ1n) is 6.65. The summed E-state index contributed by atoms with van der Waals surface area (Å²) in [6.07, 6.45) is 1.59. The van der Waals surface area contributed by atoms with Crippen LogP contribution in [0.5, 0.6) is 5.75 Å². The fraction of sp³-hybridized carbons (Fsp3) is 0.533. The van der Waals surface area contributed by atoms with Crippen LogP contribution >= 0.6 is 0 Å². The first kappa shape index (κ1) is 15.5. The van der Waals surface area contributed by atoms with Crippen LogP contribution in [0.25, 0.3) is 0 Å². The molecule has 1 amide bonds. The summed E-state index contributed by atoms with van der Waals surface area (Å²) in [7, 11) is 1.61. The molecule has 4 nitrogen and oxygen atoms in total. The summed E-state index contributed by atoms with van der Waals surface area (Å²) in [5, 5.41) is 2.88. The van der Waals surface area contributed by atoms with Crippen LogP contribution in [0.2, 0.25) is 0 Å². The normalized spacial score (nSPS) is 13.7. The van der Waals surface area contributed by atoms with E-state index in [4.69, 9.17) is 9.47 Å². The highest BCUT2D eigenvalue weighted by Gasteiger charge is 2.32. The molecular weight excluding hydrogens is 242 g/mol. The fourth-order valence-corrected chi connectivity index (χ4v) is 1.98. The molecule has 1 N–H and O–H groups in total. The maximum absolute atomic E-state index is 12.3. The summed E-state index contributed by atoms with van der Waals surface area (Å²) in [6.45, 7) is 6.29. The van der Waals surface area contributed by atoms with Crippen molar-refractivity contribution in [2.45, 2.75) is 39.2 Å². The predicted molar refractivity (Wildman–Crippen MR) is 76.6 cm³/mol. The molecule has 0 heterocycles. The highest BCUT2D eigenvalue weighted by Crippen LogP contribution is 2.21. The van der Waals surface area contributed by atoms with Crippen LogP contribution in [0.3, 0.4) is 0 Å². The van der Waals surface area contributed by atoms with Crippen molar-refractivity contribution in [2.24, 2.45) is 0 Å². The van der Waals surface area contributed by atoms with E-state index in [1.807, 2.05) is 45.0 Å². The Balaban J connectivity index is 2.74. The lowest BCUT2D eigenvalue weighted by Crippen LogP contribution is -2.42. The summed E-state index contributed by atoms with van der Waals surface area (Å²) < 4.78 is 10.7. The second-order valence-corrected chi connectivity index (χ2v) is 4.60. The zero-order valence-corrected chi connectivity index (χ0v) is 12.2. The third-order valence-corrected chi connectivity index (χ3v) is 3.02. The van der Waals surface area contributed by atoms with Gasteiger partial charge in [0.2, 0.25) is 0 Å². The first-order chi connectivity index (χ1) is 9.05. The van der Waals surface area contributed by atoms with E-state index in [9.17, 15) is 4.79 Å². The molecule has 0 saturated carbocycles. The molecule has 19 heavy (non-hydrogen) atoms. The molecule has 4 heteroatoms. The molecule has 0 bridgehead atoms. The van der Waals surface area contributed by atoms with E-state index in [0.29, 0.717) is 13.0 Å². The lowest BCUT2D eigenvalue weighted by atomic mass is 9.99. The first-order valence-corrected chi connectivity index (χ1v) is 6.65. The molecule has 0 aliphatic heterocycles. The molecule has 0 spiro atoms. The van der Waals surface area contributed by atoms with Crippen LogP contribution in [-0.4, -0.2) is 25.2 Å². The van der Waals surface area contributed by atoms with Gasteiger partial charge in [0.05, 0.1) is 7.11 Å². The van der Waals surface area contributed by atoms with Crippen LogP contribution in [-0.2, 0) is 9.53 Å². The van der Waals surface area contributed by atoms with Gasteiger partial charge in [-0.2, -0.15) is 0 Å². The number of hydrogen-bond donors (Lipinski definition) is 1. The Labute approximate surface area is 115 Å². The Bertz CT molecular complexity index is 394. The van der Waals surface area contributed by atoms with Crippen LogP contribution < -0.4 is 10.1 Å². The maximum Gasteiger partial charge on any atom is 0.256 e. The van der Waals surface area contributed by atoms with Crippen LogP contribution in [0, 0.1) is 0 Å². The molecule has 0 aliphatic rings. The Kier molecular flexibility index (Phi) is 5.83. The number of carbonyl (C=O) groups excluding carboxylic acids is 1. The molecule has 0 aromatic heterocycles. The monoisotopic (exact) mass is 265 g/mol. The molecule has 106 valence electrons. The number of amides is 1. The van der Waals surface area contributed by atoms with Gasteiger partial charge < -0.3 is 14.8 Å². The summed E-state index contributed by atoms with van der Waals surface area (Å²) >= 11 is 0. The molecule has 1 aromatic carbocycles. The Morgan fingerprint density at radius 1 is 1.26 bits per heavy atom. The van der Waals surface area contributed by atoms with Gasteiger partial charge in [-0.25, -0.2) is 0 Å². The number of nitrogens with one attached hydrogen (secondary N) is 1. The Hall–Kier alpha value is -1.55. The Morgan fingerprint density at radius 3 is 2.37 bits per heavy atom. The third kappa shape index (κ3) is 4.24. The van der Waals surface area contributed by atoms with Crippen molar-refractivity contribution in [3.63, 3.8) is 0 Å². The van der Waals surface area contributed by atoms with Gasteiger partial charge in [-0.15, -0.1) is 0 Å². The van der Waals surface area contributed by atoms with Gasteiger partial charge in [0.15, 0.2) is 0 Å². The number of rotatable bonds is 7. The number of carbonyl (C=O) groups is 1. The van der Waals surface area contributed by atoms with Crippen LogP contribution in [0.4, 0.5) is 5.69 Å². The minimum Gasteiger partial charge on any atom is -0.497 e. The molecule has 0 fully saturated rings. The number of benzene rings is 1. The minimum absolute atomic E-state index is 0.110. The van der Waals surface area contributed by atoms with Crippen molar-refractivity contribution in [3.05, 3.63) is 24.3 Å². The van der Waals surface area contributed by atoms with Crippen molar-refractivity contribution < 1.29 is 14.3 Å². The van der Waals surface area contributed by atoms with Gasteiger partial charge >= 0.3 is 0 Å². The van der Waals surface area contributed by atoms with E-state index in [1.165, 1.54) is 0 Å². The maximum atomic E-state index is 12.3. The SMILES string of the molecule is CCC[C@](C)(OCC)C(=O)Nc1ccc(OC)cc1. The minimum atomic E-state index is -0.774. The quantitative estimate of drug-likeness (QED) is 0.823. The number of anilines is 1. The van der Waals surface area contributed by atoms with Gasteiger partial charge in [0.25, 0.3) is 5.91 Å². The number of methoxy groups -OCH3 is 1. The van der Waals surface area contributed by atoms with Gasteiger partial charge in [-0.05, 0) is 44.5 Å². The van der Waals surface area contributed by atoms with E-state index >= 15 is 0 Å². The molecule has 1 atom stereocenters. The van der Waals surface area contributed by atoms with Crippen LogP contribution in [0.1, 0.15) is 33.6 Å². The van der Waals surface area contributed by atoms with Gasteiger partial charge in [0, 0.05) is 12.3 Å². The van der Waals surface area contributed by atoms with E-state index in [2.05, 4.69) is 5.32 Å². The summed E-state index contributed by atoms with van der Waals surface area (Å²) in [6, 6.07) is 7.25. The fourth-order valence-electron chi connectivity index (χ4n) is 1.98. The zero-order chi connectivity index (χ0) is 14.3. The molecular formula is C15H23NO3. The van der Waals surface area contributed by atoms with E-state index < -0.39 is 5.60 Å². The lowest BCUT2D eigenvalue weighted by molar-refractivity contribution is -0.139. The third-order valence-electron chi connectivity index (χ3n) is 3.02. The summed E-state index contributed by atoms with van der Waals surface area (Å²) in [4.78, 5) is 12.3. The van der Waals surface area contributed by atoms with Crippen molar-refractivity contribution in [1.82, 2.24) is 0 Å². The predicted octanol–water partition coefficient (Wildman–Crippen LogP) is 3.23. The highest BCUT2D eigenvalue weighted by molar-refractivity contribution is 5.97. The van der Waals surface area contributed by atoms with E-state index in [0.717, 1.165) is 17.9 Å². The molecule has 0 radical (unpaired) electrons. The topological polar surface area (TPSA) is 47.6 Å². The van der Waals surface area contributed by atoms with Crippen molar-refractivity contribution in [3.8, 4) is 5.75 Å². The lowest BCUT2D eigenvalue weighted by Gasteiger charge is -2.27. The molecule has 0 aliphatic carbocycles. The molecule has 0 saturated heterocycles. The smallest absolute Gasteiger partial charge is 0.256 e. The van der Waals surface area contributed by atoms with Gasteiger partial charge in [-0.3, -0.25) is 4.79 Å². The van der Waals surface area contributed by atoms with Crippen molar-refractivity contribution in [1.29, 1.82) is 0 Å². The van der Waals surface area contributed by atoms with Crippen LogP contribution in [0.15, 0.2) is 24.3 Å². The average Bonchev–Trinajstić information content (AvgIpc) is 2.40.